The molecule has 1 aromatic rings. The number of aromatic nitrogens is 2. The van der Waals surface area contributed by atoms with Crippen molar-refractivity contribution < 1.29 is 23.1 Å². The number of carboxylic acid groups (broad SMARTS) is 1. The minimum absolute atomic E-state index is 0.430. The van der Waals surface area contributed by atoms with Gasteiger partial charge < -0.3 is 10.4 Å². The minimum Gasteiger partial charge on any atom is -0.464 e. The van der Waals surface area contributed by atoms with Crippen molar-refractivity contribution in [1.29, 1.82) is 0 Å². The second kappa shape index (κ2) is 7.66. The average Bonchev–Trinajstić information content (AvgIpc) is 2.69. The molecule has 5 nitrogen and oxygen atoms in total. The molecule has 98 valence electrons. The normalized spacial score (nSPS) is 10.6. The van der Waals surface area contributed by atoms with Gasteiger partial charge >= 0.3 is 12.3 Å². The fourth-order valence-electron chi connectivity index (χ4n) is 0.779. The molecule has 0 unspecified atom stereocenters. The zero-order chi connectivity index (χ0) is 13.3. The summed E-state index contributed by atoms with van der Waals surface area (Å²) in [5, 5.41) is 10.4. The third-order valence-electron chi connectivity index (χ3n) is 1.48. The lowest BCUT2D eigenvalue weighted by Gasteiger charge is -2.05. The van der Waals surface area contributed by atoms with E-state index in [1.807, 2.05) is 6.92 Å². The Labute approximate surface area is 96.3 Å². The summed E-state index contributed by atoms with van der Waals surface area (Å²) in [4.78, 5) is 13.5. The van der Waals surface area contributed by atoms with Crippen molar-refractivity contribution in [3.05, 3.63) is 18.7 Å². The lowest BCUT2D eigenvalue weighted by atomic mass is 10.5. The molecule has 0 radical (unpaired) electrons. The number of hydrogen-bond donors (Lipinski definition) is 2. The second-order valence-corrected chi connectivity index (χ2v) is 3.04. The van der Waals surface area contributed by atoms with Gasteiger partial charge in [0, 0.05) is 12.4 Å². The van der Waals surface area contributed by atoms with Crippen LogP contribution >= 0.6 is 0 Å². The Bertz CT molecular complexity index is 312. The number of hydrogen-bond acceptors (Lipinski definition) is 3. The molecule has 2 N–H and O–H groups in total. The number of nitrogens with one attached hydrogen (secondary N) is 1. The van der Waals surface area contributed by atoms with Gasteiger partial charge in [0.15, 0.2) is 0 Å². The van der Waals surface area contributed by atoms with E-state index in [0.717, 1.165) is 11.0 Å². The van der Waals surface area contributed by atoms with Crippen LogP contribution in [-0.4, -0.2) is 40.0 Å². The van der Waals surface area contributed by atoms with Crippen LogP contribution in [0.25, 0.3) is 0 Å². The molecule has 1 aromatic heterocycles. The Morgan fingerprint density at radius 2 is 2.18 bits per heavy atom. The molecule has 0 bridgehead atoms. The second-order valence-electron chi connectivity index (χ2n) is 3.04. The Kier molecular flexibility index (Phi) is 6.95. The van der Waals surface area contributed by atoms with Gasteiger partial charge in [-0.05, 0) is 13.0 Å². The number of nitrogens with zero attached hydrogens (tertiary/aromatic N) is 2. The maximum absolute atomic E-state index is 11.3. The van der Waals surface area contributed by atoms with Crippen molar-refractivity contribution in [1.82, 2.24) is 14.9 Å². The number of carbonyl (C=O) groups is 1. The van der Waals surface area contributed by atoms with Crippen LogP contribution in [0.5, 0.6) is 0 Å². The molecular formula is C9H14F3N3O2. The molecule has 0 saturated heterocycles. The summed E-state index contributed by atoms with van der Waals surface area (Å²) in [5.41, 5.74) is 0. The first-order chi connectivity index (χ1) is 7.87. The van der Waals surface area contributed by atoms with Crippen molar-refractivity contribution in [3.8, 4) is 0 Å². The first kappa shape index (κ1) is 15.4. The average molecular weight is 253 g/mol. The molecular weight excluding hydrogens is 239 g/mol. The molecule has 1 heterocycles. The van der Waals surface area contributed by atoms with Crippen LogP contribution in [0.4, 0.5) is 18.0 Å². The number of halogens is 3. The van der Waals surface area contributed by atoms with Crippen molar-refractivity contribution in [2.24, 2.45) is 0 Å². The highest BCUT2D eigenvalue weighted by atomic mass is 19.4. The summed E-state index contributed by atoms with van der Waals surface area (Å²) in [6, 6.07) is 0. The maximum Gasteiger partial charge on any atom is 0.416 e. The van der Waals surface area contributed by atoms with Crippen LogP contribution in [0.2, 0.25) is 0 Å². The Morgan fingerprint density at radius 1 is 1.53 bits per heavy atom. The number of rotatable bonds is 3. The van der Waals surface area contributed by atoms with E-state index < -0.39 is 18.8 Å². The lowest BCUT2D eigenvalue weighted by molar-refractivity contribution is -0.124. The molecule has 0 amide bonds. The van der Waals surface area contributed by atoms with Crippen LogP contribution in [0.1, 0.15) is 13.3 Å². The zero-order valence-corrected chi connectivity index (χ0v) is 9.24. The molecule has 0 aliphatic carbocycles. The molecule has 0 spiro atoms. The molecule has 8 heteroatoms. The van der Waals surface area contributed by atoms with Crippen molar-refractivity contribution >= 4 is 6.09 Å². The molecule has 0 aromatic carbocycles. The van der Waals surface area contributed by atoms with Crippen LogP contribution in [0.15, 0.2) is 18.7 Å². The standard InChI is InChI=1S/C5H10F3N.C4H4N2O2/c1-2-3-9-4-5(6,7)8;7-4(8)6-2-1-5-3-6/h9H,2-4H2,1H3;1-3H,(H,7,8). The van der Waals surface area contributed by atoms with E-state index >= 15 is 0 Å². The van der Waals surface area contributed by atoms with Gasteiger partial charge in [0.2, 0.25) is 0 Å². The zero-order valence-electron chi connectivity index (χ0n) is 9.24. The summed E-state index contributed by atoms with van der Waals surface area (Å²) in [7, 11) is 0. The van der Waals surface area contributed by atoms with E-state index in [9.17, 15) is 18.0 Å². The third-order valence-corrected chi connectivity index (χ3v) is 1.48. The highest BCUT2D eigenvalue weighted by molar-refractivity contribution is 5.67. The summed E-state index contributed by atoms with van der Waals surface area (Å²) in [5.74, 6) is 0. The van der Waals surface area contributed by atoms with Crippen molar-refractivity contribution in [3.63, 3.8) is 0 Å². The molecule has 0 atom stereocenters. The van der Waals surface area contributed by atoms with Gasteiger partial charge in [-0.25, -0.2) is 14.3 Å². The van der Waals surface area contributed by atoms with Crippen molar-refractivity contribution in [2.75, 3.05) is 13.1 Å². The smallest absolute Gasteiger partial charge is 0.416 e. The van der Waals surface area contributed by atoms with Crippen LogP contribution < -0.4 is 5.32 Å². The first-order valence-corrected chi connectivity index (χ1v) is 4.85. The van der Waals surface area contributed by atoms with E-state index in [-0.39, 0.29) is 0 Å². The molecule has 0 saturated carbocycles. The van der Waals surface area contributed by atoms with Crippen LogP contribution in [0.3, 0.4) is 0 Å². The monoisotopic (exact) mass is 253 g/mol. The van der Waals surface area contributed by atoms with Crippen molar-refractivity contribution in [2.45, 2.75) is 19.5 Å². The molecule has 1 rings (SSSR count). The van der Waals surface area contributed by atoms with E-state index in [2.05, 4.69) is 10.3 Å². The summed E-state index contributed by atoms with van der Waals surface area (Å²) < 4.78 is 34.9. The Morgan fingerprint density at radius 3 is 2.47 bits per heavy atom. The molecule has 0 aliphatic heterocycles. The summed E-state index contributed by atoms with van der Waals surface area (Å²) >= 11 is 0. The molecule has 0 fully saturated rings. The van der Waals surface area contributed by atoms with Gasteiger partial charge in [-0.1, -0.05) is 6.92 Å². The highest BCUT2D eigenvalue weighted by Gasteiger charge is 2.25. The largest absolute Gasteiger partial charge is 0.464 e. The Hall–Kier alpha value is -1.57. The third kappa shape index (κ3) is 9.36. The van der Waals surface area contributed by atoms with E-state index in [0.29, 0.717) is 6.54 Å². The van der Waals surface area contributed by atoms with Gasteiger partial charge in [0.1, 0.15) is 6.33 Å². The minimum atomic E-state index is -4.06. The van der Waals surface area contributed by atoms with E-state index in [4.69, 9.17) is 5.11 Å². The number of alkyl halides is 3. The predicted molar refractivity (Wildman–Crippen MR) is 54.9 cm³/mol. The van der Waals surface area contributed by atoms with Gasteiger partial charge in [-0.3, -0.25) is 0 Å². The maximum atomic E-state index is 11.3. The van der Waals surface area contributed by atoms with Crippen LogP contribution in [-0.2, 0) is 0 Å². The molecule has 0 aliphatic rings. The van der Waals surface area contributed by atoms with Gasteiger partial charge in [-0.15, -0.1) is 0 Å². The Balaban J connectivity index is 0.000000302. The summed E-state index contributed by atoms with van der Waals surface area (Å²) in [6.07, 6.45) is -0.341. The lowest BCUT2D eigenvalue weighted by Crippen LogP contribution is -2.29. The number of imidazole rings is 1. The fourth-order valence-corrected chi connectivity index (χ4v) is 0.779. The quantitative estimate of drug-likeness (QED) is 0.808. The fraction of sp³-hybridized carbons (Fsp3) is 0.556. The first-order valence-electron chi connectivity index (χ1n) is 4.85. The highest BCUT2D eigenvalue weighted by Crippen LogP contribution is 2.11. The van der Waals surface area contributed by atoms with E-state index in [1.54, 1.807) is 0 Å². The van der Waals surface area contributed by atoms with Gasteiger partial charge in [0.25, 0.3) is 0 Å². The van der Waals surface area contributed by atoms with Gasteiger partial charge in [-0.2, -0.15) is 13.2 Å². The van der Waals surface area contributed by atoms with Gasteiger partial charge in [0.05, 0.1) is 6.54 Å². The predicted octanol–water partition coefficient (Wildman–Crippen LogP) is 1.96. The molecule has 17 heavy (non-hydrogen) atoms. The van der Waals surface area contributed by atoms with E-state index in [1.165, 1.54) is 18.7 Å². The summed E-state index contributed by atoms with van der Waals surface area (Å²) in [6.45, 7) is 1.38. The van der Waals surface area contributed by atoms with Crippen LogP contribution in [0, 0.1) is 0 Å². The topological polar surface area (TPSA) is 67.2 Å². The SMILES string of the molecule is CCCNCC(F)(F)F.O=C(O)n1ccnc1.